The molecule has 3 aromatic carbocycles. The molecule has 0 aliphatic carbocycles. The molecule has 138 valence electrons. The molecule has 2 nitrogen and oxygen atoms in total. The standard InChI is InChI=1S/C22H18Cl2FNO/c1-14-2-4-15(5-3-14)22(27)13-21(16-6-11-19(23)20(24)12-16)26-18-9-7-17(25)8-10-18/h2-12,21,26H,13H2,1H3. The Balaban J connectivity index is 1.88. The molecule has 5 heteroatoms. The van der Waals surface area contributed by atoms with Gasteiger partial charge in [0.25, 0.3) is 0 Å². The molecule has 3 aromatic rings. The van der Waals surface area contributed by atoms with E-state index in [0.717, 1.165) is 11.1 Å². The third kappa shape index (κ3) is 5.09. The number of ketones is 1. The van der Waals surface area contributed by atoms with Crippen molar-refractivity contribution in [3.63, 3.8) is 0 Å². The summed E-state index contributed by atoms with van der Waals surface area (Å²) in [5.74, 6) is -0.317. The summed E-state index contributed by atoms with van der Waals surface area (Å²) in [5.41, 5.74) is 3.28. The second kappa shape index (κ2) is 8.55. The number of Topliss-reactive ketones (excluding diaryl/α,β-unsaturated/α-hetero) is 1. The summed E-state index contributed by atoms with van der Waals surface area (Å²) in [5, 5.41) is 4.16. The van der Waals surface area contributed by atoms with Gasteiger partial charge in [-0.15, -0.1) is 0 Å². The number of aryl methyl sites for hydroxylation is 1. The number of carbonyl (C=O) groups is 1. The van der Waals surface area contributed by atoms with Crippen LogP contribution in [0.4, 0.5) is 10.1 Å². The summed E-state index contributed by atoms with van der Waals surface area (Å²) in [4.78, 5) is 12.8. The molecule has 0 saturated carbocycles. The molecule has 3 rings (SSSR count). The molecule has 0 spiro atoms. The zero-order chi connectivity index (χ0) is 19.4. The first-order valence-electron chi connectivity index (χ1n) is 8.49. The molecule has 0 amide bonds. The van der Waals surface area contributed by atoms with Crippen molar-refractivity contribution in [3.05, 3.63) is 99.3 Å². The van der Waals surface area contributed by atoms with Gasteiger partial charge in [0.1, 0.15) is 5.82 Å². The molecule has 1 N–H and O–H groups in total. The molecule has 1 atom stereocenters. The minimum atomic E-state index is -0.334. The molecule has 0 heterocycles. The van der Waals surface area contributed by atoms with E-state index in [9.17, 15) is 9.18 Å². The van der Waals surface area contributed by atoms with Crippen LogP contribution in [0.25, 0.3) is 0 Å². The minimum absolute atomic E-state index is 0.000633. The monoisotopic (exact) mass is 401 g/mol. The maximum atomic E-state index is 13.2. The fraction of sp³-hybridized carbons (Fsp3) is 0.136. The predicted octanol–water partition coefficient (Wildman–Crippen LogP) is 6.87. The van der Waals surface area contributed by atoms with Crippen LogP contribution in [-0.2, 0) is 0 Å². The van der Waals surface area contributed by atoms with Crippen molar-refractivity contribution in [2.45, 2.75) is 19.4 Å². The SMILES string of the molecule is Cc1ccc(C(=O)CC(Nc2ccc(F)cc2)c2ccc(Cl)c(Cl)c2)cc1. The van der Waals surface area contributed by atoms with Crippen LogP contribution in [-0.4, -0.2) is 5.78 Å². The quantitative estimate of drug-likeness (QED) is 0.456. The van der Waals surface area contributed by atoms with Gasteiger partial charge in [-0.3, -0.25) is 4.79 Å². The van der Waals surface area contributed by atoms with Crippen molar-refractivity contribution in [2.75, 3.05) is 5.32 Å². The van der Waals surface area contributed by atoms with Gasteiger partial charge in [0, 0.05) is 17.7 Å². The molecular formula is C22H18Cl2FNO. The highest BCUT2D eigenvalue weighted by atomic mass is 35.5. The number of rotatable bonds is 6. The predicted molar refractivity (Wildman–Crippen MR) is 109 cm³/mol. The lowest BCUT2D eigenvalue weighted by atomic mass is 9.97. The number of anilines is 1. The van der Waals surface area contributed by atoms with Crippen LogP contribution in [0.15, 0.2) is 66.7 Å². The number of nitrogens with one attached hydrogen (secondary N) is 1. The Hall–Kier alpha value is -2.36. The van der Waals surface area contributed by atoms with Crippen molar-refractivity contribution in [1.82, 2.24) is 0 Å². The van der Waals surface area contributed by atoms with E-state index >= 15 is 0 Å². The van der Waals surface area contributed by atoms with Crippen LogP contribution in [0.1, 0.15) is 33.9 Å². The van der Waals surface area contributed by atoms with Crippen LogP contribution in [0.3, 0.4) is 0 Å². The van der Waals surface area contributed by atoms with E-state index in [-0.39, 0.29) is 24.1 Å². The molecule has 0 aliphatic rings. The highest BCUT2D eigenvalue weighted by molar-refractivity contribution is 6.42. The molecular weight excluding hydrogens is 384 g/mol. The van der Waals surface area contributed by atoms with E-state index in [1.165, 1.54) is 12.1 Å². The number of carbonyl (C=O) groups excluding carboxylic acids is 1. The van der Waals surface area contributed by atoms with Crippen molar-refractivity contribution < 1.29 is 9.18 Å². The van der Waals surface area contributed by atoms with Gasteiger partial charge < -0.3 is 5.32 Å². The van der Waals surface area contributed by atoms with Gasteiger partial charge in [0.15, 0.2) is 5.78 Å². The Bertz CT molecular complexity index is 940. The average Bonchev–Trinajstić information content (AvgIpc) is 2.65. The van der Waals surface area contributed by atoms with Crippen LogP contribution in [0.2, 0.25) is 10.0 Å². The van der Waals surface area contributed by atoms with Gasteiger partial charge in [-0.25, -0.2) is 4.39 Å². The number of benzene rings is 3. The Labute approximate surface area is 167 Å². The van der Waals surface area contributed by atoms with Gasteiger partial charge in [-0.2, -0.15) is 0 Å². The van der Waals surface area contributed by atoms with Gasteiger partial charge in [0.05, 0.1) is 16.1 Å². The summed E-state index contributed by atoms with van der Waals surface area (Å²) >= 11 is 12.2. The minimum Gasteiger partial charge on any atom is -0.378 e. The molecule has 0 aromatic heterocycles. The smallest absolute Gasteiger partial charge is 0.165 e. The van der Waals surface area contributed by atoms with E-state index in [0.29, 0.717) is 21.3 Å². The lowest BCUT2D eigenvalue weighted by Crippen LogP contribution is -2.16. The summed E-state index contributed by atoms with van der Waals surface area (Å²) < 4.78 is 13.2. The van der Waals surface area contributed by atoms with E-state index in [2.05, 4.69) is 5.32 Å². The van der Waals surface area contributed by atoms with Crippen LogP contribution >= 0.6 is 23.2 Å². The topological polar surface area (TPSA) is 29.1 Å². The zero-order valence-electron chi connectivity index (χ0n) is 14.7. The highest BCUT2D eigenvalue weighted by Gasteiger charge is 2.18. The molecule has 27 heavy (non-hydrogen) atoms. The summed E-state index contributed by atoms with van der Waals surface area (Å²) in [7, 11) is 0. The number of hydrogen-bond acceptors (Lipinski definition) is 2. The van der Waals surface area contributed by atoms with Gasteiger partial charge >= 0.3 is 0 Å². The summed E-state index contributed by atoms with van der Waals surface area (Å²) in [6, 6.07) is 18.4. The second-order valence-electron chi connectivity index (χ2n) is 6.37. The van der Waals surface area contributed by atoms with Crippen LogP contribution in [0, 0.1) is 12.7 Å². The average molecular weight is 402 g/mol. The van der Waals surface area contributed by atoms with Gasteiger partial charge in [-0.1, -0.05) is 59.1 Å². The van der Waals surface area contributed by atoms with Crippen molar-refractivity contribution in [3.8, 4) is 0 Å². The number of hydrogen-bond donors (Lipinski definition) is 1. The molecule has 0 radical (unpaired) electrons. The van der Waals surface area contributed by atoms with Crippen molar-refractivity contribution in [1.29, 1.82) is 0 Å². The Morgan fingerprint density at radius 3 is 2.26 bits per heavy atom. The molecule has 0 saturated heterocycles. The zero-order valence-corrected chi connectivity index (χ0v) is 16.2. The highest BCUT2D eigenvalue weighted by Crippen LogP contribution is 2.30. The van der Waals surface area contributed by atoms with Crippen molar-refractivity contribution in [2.24, 2.45) is 0 Å². The maximum absolute atomic E-state index is 13.2. The maximum Gasteiger partial charge on any atom is 0.165 e. The van der Waals surface area contributed by atoms with Gasteiger partial charge in [-0.05, 0) is 48.9 Å². The Morgan fingerprint density at radius 1 is 0.963 bits per heavy atom. The third-order valence-electron chi connectivity index (χ3n) is 4.29. The van der Waals surface area contributed by atoms with E-state index in [1.54, 1.807) is 24.3 Å². The fourth-order valence-corrected chi connectivity index (χ4v) is 3.08. The van der Waals surface area contributed by atoms with E-state index < -0.39 is 0 Å². The number of halogens is 3. The lowest BCUT2D eigenvalue weighted by Gasteiger charge is -2.20. The molecule has 0 bridgehead atoms. The second-order valence-corrected chi connectivity index (χ2v) is 7.19. The summed E-state index contributed by atoms with van der Waals surface area (Å²) in [6.45, 7) is 1.98. The summed E-state index contributed by atoms with van der Waals surface area (Å²) in [6.07, 6.45) is 0.221. The Kier molecular flexibility index (Phi) is 6.15. The lowest BCUT2D eigenvalue weighted by molar-refractivity contribution is 0.0976. The fourth-order valence-electron chi connectivity index (χ4n) is 2.77. The molecule has 1 unspecified atom stereocenters. The normalized spacial score (nSPS) is 11.9. The Morgan fingerprint density at radius 2 is 1.63 bits per heavy atom. The van der Waals surface area contributed by atoms with E-state index in [1.807, 2.05) is 37.3 Å². The van der Waals surface area contributed by atoms with Crippen molar-refractivity contribution >= 4 is 34.7 Å². The molecule has 0 aliphatic heterocycles. The molecule has 0 fully saturated rings. The first-order valence-corrected chi connectivity index (χ1v) is 9.25. The van der Waals surface area contributed by atoms with E-state index in [4.69, 9.17) is 23.2 Å². The van der Waals surface area contributed by atoms with Gasteiger partial charge in [0.2, 0.25) is 0 Å². The van der Waals surface area contributed by atoms with Crippen LogP contribution < -0.4 is 5.32 Å². The third-order valence-corrected chi connectivity index (χ3v) is 5.03. The first kappa shape index (κ1) is 19.4. The first-order chi connectivity index (χ1) is 12.9. The van der Waals surface area contributed by atoms with Crippen LogP contribution in [0.5, 0.6) is 0 Å². The largest absolute Gasteiger partial charge is 0.378 e.